The summed E-state index contributed by atoms with van der Waals surface area (Å²) < 4.78 is 63.4. The molecule has 0 fully saturated rings. The molecule has 5 nitrogen and oxygen atoms in total. The molecule has 0 aliphatic heterocycles. The molecule has 0 aliphatic carbocycles. The second-order valence-corrected chi connectivity index (χ2v) is 9.65. The maximum Gasteiger partial charge on any atom is 0.416 e. The Balaban J connectivity index is 1.74. The Labute approximate surface area is 186 Å². The van der Waals surface area contributed by atoms with Crippen LogP contribution in [-0.2, 0) is 16.2 Å². The van der Waals surface area contributed by atoms with Crippen LogP contribution in [0, 0.1) is 6.92 Å². The van der Waals surface area contributed by atoms with Gasteiger partial charge in [0.15, 0.2) is 5.82 Å². The third-order valence-electron chi connectivity index (χ3n) is 4.74. The molecule has 0 unspecified atom stereocenters. The van der Waals surface area contributed by atoms with Gasteiger partial charge in [-0.05, 0) is 48.0 Å². The molecule has 10 heteroatoms. The Morgan fingerprint density at radius 2 is 1.69 bits per heavy atom. The Bertz CT molecular complexity index is 1440. The predicted octanol–water partition coefficient (Wildman–Crippen LogP) is 5.42. The minimum absolute atomic E-state index is 0.152. The van der Waals surface area contributed by atoms with Gasteiger partial charge in [-0.1, -0.05) is 42.1 Å². The van der Waals surface area contributed by atoms with Crippen molar-refractivity contribution in [1.29, 1.82) is 0 Å². The van der Waals surface area contributed by atoms with Crippen molar-refractivity contribution in [2.24, 2.45) is 5.14 Å². The van der Waals surface area contributed by atoms with Gasteiger partial charge in [0.2, 0.25) is 10.0 Å². The Morgan fingerprint density at radius 1 is 0.969 bits per heavy atom. The summed E-state index contributed by atoms with van der Waals surface area (Å²) >= 11 is 1.40. The summed E-state index contributed by atoms with van der Waals surface area (Å²) in [5.41, 5.74) is -0.825. The number of benzene rings is 3. The van der Waals surface area contributed by atoms with Crippen LogP contribution in [0.1, 0.15) is 11.3 Å². The van der Waals surface area contributed by atoms with Gasteiger partial charge in [-0.15, -0.1) is 0 Å². The fraction of sp³-hybridized carbons (Fsp3) is 0.0909. The smallest absolute Gasteiger partial charge is 0.235 e. The summed E-state index contributed by atoms with van der Waals surface area (Å²) in [6, 6.07) is 16.0. The number of nitrogens with two attached hydrogens (primary N) is 1. The standard InChI is InChI=1S/C22H16F3N3O2S2/c1-13-19(31-17-8-6-14-4-2-3-5-15(14)10-17)12-27-21(28-13)18-11-16(22(23,24)25)7-9-20(18)32(26,29)30/h2-12H,1H3,(H2,26,29,30). The molecule has 0 radical (unpaired) electrons. The van der Waals surface area contributed by atoms with Crippen LogP contribution in [0.2, 0.25) is 0 Å². The van der Waals surface area contributed by atoms with E-state index in [9.17, 15) is 21.6 Å². The van der Waals surface area contributed by atoms with E-state index in [-0.39, 0.29) is 11.4 Å². The van der Waals surface area contributed by atoms with E-state index in [1.807, 2.05) is 42.5 Å². The minimum atomic E-state index is -4.66. The van der Waals surface area contributed by atoms with Crippen molar-refractivity contribution < 1.29 is 21.6 Å². The van der Waals surface area contributed by atoms with Crippen molar-refractivity contribution in [3.05, 3.63) is 78.1 Å². The zero-order valence-corrected chi connectivity index (χ0v) is 18.2. The van der Waals surface area contributed by atoms with E-state index in [4.69, 9.17) is 5.14 Å². The molecule has 0 aliphatic rings. The highest BCUT2D eigenvalue weighted by Gasteiger charge is 2.32. The highest BCUT2D eigenvalue weighted by Crippen LogP contribution is 2.36. The average Bonchev–Trinajstić information content (AvgIpc) is 2.73. The molecule has 2 N–H and O–H groups in total. The number of aromatic nitrogens is 2. The molecule has 0 bridgehead atoms. The maximum absolute atomic E-state index is 13.2. The lowest BCUT2D eigenvalue weighted by molar-refractivity contribution is -0.137. The Kier molecular flexibility index (Phi) is 5.70. The van der Waals surface area contributed by atoms with Gasteiger partial charge in [0.1, 0.15) is 0 Å². The number of primary sulfonamides is 1. The van der Waals surface area contributed by atoms with E-state index in [1.54, 1.807) is 6.92 Å². The van der Waals surface area contributed by atoms with Gasteiger partial charge < -0.3 is 0 Å². The molecule has 164 valence electrons. The first-order valence-electron chi connectivity index (χ1n) is 9.27. The van der Waals surface area contributed by atoms with Crippen LogP contribution in [0.5, 0.6) is 0 Å². The summed E-state index contributed by atoms with van der Waals surface area (Å²) in [7, 11) is -4.29. The molecule has 3 aromatic carbocycles. The summed E-state index contributed by atoms with van der Waals surface area (Å²) in [6.07, 6.45) is -3.20. The van der Waals surface area contributed by atoms with Crippen LogP contribution in [0.4, 0.5) is 13.2 Å². The molecule has 0 saturated carbocycles. The molecule has 1 heterocycles. The van der Waals surface area contributed by atoms with Crippen LogP contribution in [0.15, 0.2) is 81.5 Å². The SMILES string of the molecule is Cc1nc(-c2cc(C(F)(F)F)ccc2S(N)(=O)=O)ncc1Sc1ccc2ccccc2c1. The molecule has 1 aromatic heterocycles. The third-order valence-corrected chi connectivity index (χ3v) is 6.82. The van der Waals surface area contributed by atoms with Crippen molar-refractivity contribution in [3.63, 3.8) is 0 Å². The normalized spacial score (nSPS) is 12.3. The van der Waals surface area contributed by atoms with Crippen LogP contribution in [-0.4, -0.2) is 18.4 Å². The number of hydrogen-bond acceptors (Lipinski definition) is 5. The summed E-state index contributed by atoms with van der Waals surface area (Å²) in [5.74, 6) is -0.152. The van der Waals surface area contributed by atoms with Crippen molar-refractivity contribution in [2.45, 2.75) is 27.8 Å². The number of hydrogen-bond donors (Lipinski definition) is 1. The fourth-order valence-electron chi connectivity index (χ4n) is 3.17. The number of alkyl halides is 3. The van der Waals surface area contributed by atoms with Gasteiger partial charge in [0, 0.05) is 16.7 Å². The van der Waals surface area contributed by atoms with Crippen LogP contribution in [0.25, 0.3) is 22.2 Å². The molecule has 32 heavy (non-hydrogen) atoms. The summed E-state index contributed by atoms with van der Waals surface area (Å²) in [6.45, 7) is 1.68. The lowest BCUT2D eigenvalue weighted by atomic mass is 10.1. The lowest BCUT2D eigenvalue weighted by Gasteiger charge is -2.13. The summed E-state index contributed by atoms with van der Waals surface area (Å²) in [5, 5.41) is 7.36. The van der Waals surface area contributed by atoms with Gasteiger partial charge in [-0.2, -0.15) is 13.2 Å². The zero-order valence-electron chi connectivity index (χ0n) is 16.6. The van der Waals surface area contributed by atoms with Crippen molar-refractivity contribution in [1.82, 2.24) is 9.97 Å². The van der Waals surface area contributed by atoms with Gasteiger partial charge in [-0.25, -0.2) is 23.5 Å². The van der Waals surface area contributed by atoms with Crippen LogP contribution in [0.3, 0.4) is 0 Å². The van der Waals surface area contributed by atoms with Gasteiger partial charge in [-0.3, -0.25) is 0 Å². The first-order valence-corrected chi connectivity index (χ1v) is 11.6. The van der Waals surface area contributed by atoms with Gasteiger partial charge in [0.25, 0.3) is 0 Å². The number of nitrogens with zero attached hydrogens (tertiary/aromatic N) is 2. The van der Waals surface area contributed by atoms with Crippen molar-refractivity contribution in [3.8, 4) is 11.4 Å². The molecular formula is C22H16F3N3O2S2. The number of sulfonamides is 1. The number of fused-ring (bicyclic) bond motifs is 1. The van der Waals surface area contributed by atoms with E-state index < -0.39 is 26.7 Å². The quantitative estimate of drug-likeness (QED) is 0.426. The first kappa shape index (κ1) is 22.3. The topological polar surface area (TPSA) is 85.9 Å². The summed E-state index contributed by atoms with van der Waals surface area (Å²) in [4.78, 5) is 9.58. The minimum Gasteiger partial charge on any atom is -0.235 e. The van der Waals surface area contributed by atoms with E-state index in [0.29, 0.717) is 22.7 Å². The molecule has 0 spiro atoms. The molecular weight excluding hydrogens is 459 g/mol. The maximum atomic E-state index is 13.2. The van der Waals surface area contributed by atoms with E-state index >= 15 is 0 Å². The van der Waals surface area contributed by atoms with Gasteiger partial charge >= 0.3 is 6.18 Å². The van der Waals surface area contributed by atoms with Crippen LogP contribution < -0.4 is 5.14 Å². The fourth-order valence-corrected chi connectivity index (χ4v) is 4.76. The lowest BCUT2D eigenvalue weighted by Crippen LogP contribution is -2.15. The highest BCUT2D eigenvalue weighted by atomic mass is 32.2. The second-order valence-electron chi connectivity index (χ2n) is 7.01. The average molecular weight is 476 g/mol. The Morgan fingerprint density at radius 3 is 2.34 bits per heavy atom. The van der Waals surface area contributed by atoms with Crippen molar-refractivity contribution >= 4 is 32.6 Å². The zero-order chi connectivity index (χ0) is 23.1. The monoisotopic (exact) mass is 475 g/mol. The van der Waals surface area contributed by atoms with Gasteiger partial charge in [0.05, 0.1) is 21.0 Å². The molecule has 0 amide bonds. The first-order chi connectivity index (χ1) is 15.0. The number of aryl methyl sites for hydroxylation is 1. The largest absolute Gasteiger partial charge is 0.416 e. The molecule has 4 aromatic rings. The van der Waals surface area contributed by atoms with E-state index in [1.165, 1.54) is 18.0 Å². The van der Waals surface area contributed by atoms with Crippen molar-refractivity contribution in [2.75, 3.05) is 0 Å². The highest BCUT2D eigenvalue weighted by molar-refractivity contribution is 7.99. The van der Waals surface area contributed by atoms with E-state index in [2.05, 4.69) is 9.97 Å². The predicted molar refractivity (Wildman–Crippen MR) is 117 cm³/mol. The Hall–Kier alpha value is -2.95. The molecule has 0 saturated heterocycles. The number of halogens is 3. The second kappa shape index (κ2) is 8.19. The molecule has 4 rings (SSSR count). The van der Waals surface area contributed by atoms with E-state index in [0.717, 1.165) is 21.7 Å². The van der Waals surface area contributed by atoms with Crippen LogP contribution >= 0.6 is 11.8 Å². The number of rotatable bonds is 4. The third kappa shape index (κ3) is 4.62. The molecule has 0 atom stereocenters.